The van der Waals surface area contributed by atoms with Gasteiger partial charge >= 0.3 is 11.9 Å². The molecule has 1 amide bonds. The van der Waals surface area contributed by atoms with Gasteiger partial charge in [-0.2, -0.15) is 0 Å². The number of benzene rings is 3. The van der Waals surface area contributed by atoms with Crippen molar-refractivity contribution in [1.29, 1.82) is 0 Å². The first-order valence-corrected chi connectivity index (χ1v) is 15.7. The first-order valence-electron chi connectivity index (χ1n) is 14.4. The van der Waals surface area contributed by atoms with E-state index in [1.54, 1.807) is 0 Å². The number of unbranched alkanes of at least 4 members (excludes halogenated alkanes) is 1. The van der Waals surface area contributed by atoms with E-state index in [0.717, 1.165) is 69.8 Å². The summed E-state index contributed by atoms with van der Waals surface area (Å²) in [5.74, 6) is -3.49. The predicted molar refractivity (Wildman–Crippen MR) is 172 cm³/mol. The van der Waals surface area contributed by atoms with Gasteiger partial charge in [-0.05, 0) is 85.1 Å². The number of aryl methyl sites for hydroxylation is 2. The summed E-state index contributed by atoms with van der Waals surface area (Å²) >= 11 is 8.18. The Kier molecular flexibility index (Phi) is 9.97. The van der Waals surface area contributed by atoms with Gasteiger partial charge in [-0.1, -0.05) is 41.9 Å². The lowest BCUT2D eigenvalue weighted by molar-refractivity contribution is -0.159. The lowest BCUT2D eigenvalue weighted by atomic mass is 10.0. The largest absolute Gasteiger partial charge is 0.473 e. The molecule has 2 N–H and O–H groups in total. The van der Waals surface area contributed by atoms with Crippen LogP contribution in [-0.2, 0) is 27.2 Å². The molecule has 0 unspecified atom stereocenters. The zero-order chi connectivity index (χ0) is 30.3. The quantitative estimate of drug-likeness (QED) is 0.188. The lowest BCUT2D eigenvalue weighted by Gasteiger charge is -2.36. The normalized spacial score (nSPS) is 14.7. The first kappa shape index (κ1) is 30.5. The molecular formula is C33H34ClN3O5S. The van der Waals surface area contributed by atoms with Crippen LogP contribution in [0.1, 0.15) is 30.4 Å². The molecule has 3 heterocycles. The summed E-state index contributed by atoms with van der Waals surface area (Å²) in [7, 11) is 0. The van der Waals surface area contributed by atoms with Crippen molar-refractivity contribution in [2.24, 2.45) is 0 Å². The number of halogens is 1. The average molecular weight is 620 g/mol. The van der Waals surface area contributed by atoms with Crippen molar-refractivity contribution in [3.8, 4) is 0 Å². The molecular weight excluding hydrogens is 586 g/mol. The van der Waals surface area contributed by atoms with Crippen LogP contribution in [0.25, 0.3) is 10.1 Å². The molecule has 3 aromatic carbocycles. The predicted octanol–water partition coefficient (Wildman–Crippen LogP) is 6.47. The first-order chi connectivity index (χ1) is 20.8. The Hall–Kier alpha value is -3.92. The van der Waals surface area contributed by atoms with Gasteiger partial charge in [-0.3, -0.25) is 14.6 Å². The molecule has 0 radical (unpaired) electrons. The highest BCUT2D eigenvalue weighted by atomic mass is 35.5. The molecule has 2 aliphatic heterocycles. The smallest absolute Gasteiger partial charge is 0.414 e. The third kappa shape index (κ3) is 7.36. The highest BCUT2D eigenvalue weighted by Crippen LogP contribution is 2.38. The second-order valence-electron chi connectivity index (χ2n) is 10.6. The molecule has 0 aliphatic carbocycles. The van der Waals surface area contributed by atoms with E-state index in [1.807, 2.05) is 34.4 Å². The second-order valence-corrected chi connectivity index (χ2v) is 12.0. The van der Waals surface area contributed by atoms with E-state index < -0.39 is 11.9 Å². The van der Waals surface area contributed by atoms with E-state index in [0.29, 0.717) is 11.4 Å². The number of thiophene rings is 1. The van der Waals surface area contributed by atoms with Gasteiger partial charge in [-0.15, -0.1) is 11.3 Å². The number of rotatable bonds is 6. The number of carbonyl (C=O) groups is 3. The monoisotopic (exact) mass is 619 g/mol. The summed E-state index contributed by atoms with van der Waals surface area (Å²) in [5, 5.41) is 19.0. The molecule has 0 bridgehead atoms. The molecule has 1 saturated heterocycles. The number of fused-ring (bicyclic) bond motifs is 3. The summed E-state index contributed by atoms with van der Waals surface area (Å²) in [6, 6.07) is 23.1. The van der Waals surface area contributed by atoms with Crippen LogP contribution in [0, 0.1) is 0 Å². The molecule has 6 rings (SSSR count). The van der Waals surface area contributed by atoms with E-state index in [9.17, 15) is 4.79 Å². The standard InChI is InChI=1S/C31H32ClN3OS.C2H2O4/c32-25-14-13-24-12-11-23-6-1-2-7-27(23)35(29(24)22-25)31(36)10-3-4-16-33-17-19-34(20-18-33)28-8-5-9-30-26(28)15-21-37-30;3-1(4)2(5)6/h1-2,5-9,13-15,21-22H,3-4,10-12,16-20H2;(H,3,4)(H,5,6). The number of hydrogen-bond donors (Lipinski definition) is 2. The maximum absolute atomic E-state index is 13.6. The SMILES string of the molecule is O=C(CCCCN1CCN(c2cccc3sccc23)CC1)N1c2ccccc2CCc2ccc(Cl)cc21.O=C(O)C(=O)O. The van der Waals surface area contributed by atoms with Crippen molar-refractivity contribution in [2.45, 2.75) is 32.1 Å². The molecule has 224 valence electrons. The van der Waals surface area contributed by atoms with E-state index in [1.165, 1.54) is 26.9 Å². The number of carbonyl (C=O) groups excluding carboxylic acids is 1. The maximum Gasteiger partial charge on any atom is 0.414 e. The van der Waals surface area contributed by atoms with Crippen LogP contribution in [0.3, 0.4) is 0 Å². The molecule has 43 heavy (non-hydrogen) atoms. The molecule has 8 nitrogen and oxygen atoms in total. The number of para-hydroxylation sites is 1. The van der Waals surface area contributed by atoms with Crippen molar-refractivity contribution < 1.29 is 24.6 Å². The lowest BCUT2D eigenvalue weighted by Crippen LogP contribution is -2.46. The number of amides is 1. The van der Waals surface area contributed by atoms with Crippen molar-refractivity contribution in [3.63, 3.8) is 0 Å². The summed E-state index contributed by atoms with van der Waals surface area (Å²) in [6.45, 7) is 5.29. The summed E-state index contributed by atoms with van der Waals surface area (Å²) in [4.78, 5) is 38.8. The molecule has 0 spiro atoms. The van der Waals surface area contributed by atoms with Crippen LogP contribution in [0.5, 0.6) is 0 Å². The summed E-state index contributed by atoms with van der Waals surface area (Å²) in [5.41, 5.74) is 5.72. The number of hydrogen-bond acceptors (Lipinski definition) is 6. The van der Waals surface area contributed by atoms with E-state index in [-0.39, 0.29) is 5.91 Å². The number of aliphatic carboxylic acids is 2. The van der Waals surface area contributed by atoms with Crippen molar-refractivity contribution in [3.05, 3.63) is 88.3 Å². The molecule has 2 aliphatic rings. The fraction of sp³-hybridized carbons (Fsp3) is 0.303. The minimum absolute atomic E-state index is 0.159. The van der Waals surface area contributed by atoms with Crippen LogP contribution < -0.4 is 9.80 Å². The van der Waals surface area contributed by atoms with Crippen LogP contribution in [0.15, 0.2) is 72.1 Å². The number of nitrogens with zero attached hydrogens (tertiary/aromatic N) is 3. The number of carboxylic acid groups (broad SMARTS) is 2. The van der Waals surface area contributed by atoms with Gasteiger partial charge in [0.2, 0.25) is 5.91 Å². The van der Waals surface area contributed by atoms with Gasteiger partial charge < -0.3 is 15.1 Å². The molecule has 1 aromatic heterocycles. The molecule has 0 saturated carbocycles. The van der Waals surface area contributed by atoms with E-state index >= 15 is 0 Å². The van der Waals surface area contributed by atoms with Gasteiger partial charge in [0.15, 0.2) is 0 Å². The second kappa shape index (κ2) is 14.0. The summed E-state index contributed by atoms with van der Waals surface area (Å²) in [6.07, 6.45) is 4.31. The third-order valence-corrected chi connectivity index (χ3v) is 9.03. The fourth-order valence-electron chi connectivity index (χ4n) is 5.75. The van der Waals surface area contributed by atoms with Crippen molar-refractivity contribution in [2.75, 3.05) is 42.5 Å². The maximum atomic E-state index is 13.6. The Balaban J connectivity index is 0.000000559. The van der Waals surface area contributed by atoms with Crippen LogP contribution in [-0.4, -0.2) is 65.7 Å². The number of anilines is 3. The Morgan fingerprint density at radius 2 is 1.47 bits per heavy atom. The fourth-order valence-corrected chi connectivity index (χ4v) is 6.73. The Morgan fingerprint density at radius 3 is 2.21 bits per heavy atom. The summed E-state index contributed by atoms with van der Waals surface area (Å²) < 4.78 is 1.36. The van der Waals surface area contributed by atoms with Crippen molar-refractivity contribution in [1.82, 2.24) is 4.90 Å². The average Bonchev–Trinajstić information content (AvgIpc) is 3.43. The zero-order valence-electron chi connectivity index (χ0n) is 23.7. The number of carboxylic acids is 2. The molecule has 10 heteroatoms. The van der Waals surface area contributed by atoms with Gasteiger partial charge in [0.25, 0.3) is 0 Å². The highest BCUT2D eigenvalue weighted by molar-refractivity contribution is 7.17. The number of piperazine rings is 1. The Labute approximate surface area is 259 Å². The van der Waals surface area contributed by atoms with Gasteiger partial charge in [0, 0.05) is 53.4 Å². The van der Waals surface area contributed by atoms with Gasteiger partial charge in [0.1, 0.15) is 0 Å². The third-order valence-electron chi connectivity index (χ3n) is 7.92. The Morgan fingerprint density at radius 1 is 0.767 bits per heavy atom. The molecule has 0 atom stereocenters. The van der Waals surface area contributed by atoms with Crippen LogP contribution in [0.4, 0.5) is 17.1 Å². The van der Waals surface area contributed by atoms with Crippen LogP contribution >= 0.6 is 22.9 Å². The Bertz CT molecular complexity index is 1600. The minimum Gasteiger partial charge on any atom is -0.473 e. The van der Waals surface area contributed by atoms with Crippen molar-refractivity contribution >= 4 is 67.9 Å². The van der Waals surface area contributed by atoms with E-state index in [2.05, 4.69) is 63.7 Å². The molecule has 1 fully saturated rings. The van der Waals surface area contributed by atoms with E-state index in [4.69, 9.17) is 31.4 Å². The minimum atomic E-state index is -1.82. The molecule has 4 aromatic rings. The topological polar surface area (TPSA) is 101 Å². The van der Waals surface area contributed by atoms with Crippen LogP contribution in [0.2, 0.25) is 5.02 Å². The van der Waals surface area contributed by atoms with Gasteiger partial charge in [0.05, 0.1) is 11.4 Å². The highest BCUT2D eigenvalue weighted by Gasteiger charge is 2.26. The van der Waals surface area contributed by atoms with Gasteiger partial charge in [-0.25, -0.2) is 9.59 Å². The zero-order valence-corrected chi connectivity index (χ0v) is 25.3.